The summed E-state index contributed by atoms with van der Waals surface area (Å²) in [4.78, 5) is 30.0. The van der Waals surface area contributed by atoms with E-state index in [1.54, 1.807) is 0 Å². The Hall–Kier alpha value is -2.63. The van der Waals surface area contributed by atoms with Gasteiger partial charge < -0.3 is 15.2 Å². The van der Waals surface area contributed by atoms with Crippen LogP contribution in [0.15, 0.2) is 24.3 Å². The molecule has 0 spiro atoms. The maximum Gasteiger partial charge on any atom is 0.291 e. The van der Waals surface area contributed by atoms with Gasteiger partial charge >= 0.3 is 0 Å². The summed E-state index contributed by atoms with van der Waals surface area (Å²) in [6.07, 6.45) is 3.60. The van der Waals surface area contributed by atoms with Crippen LogP contribution in [0.4, 0.5) is 5.69 Å². The summed E-state index contributed by atoms with van der Waals surface area (Å²) in [5.74, 6) is 0.232. The number of amides is 2. The minimum atomic E-state index is -0.262. The topological polar surface area (TPSA) is 76.0 Å². The number of hydrogen-bond donors (Lipinski definition) is 2. The van der Waals surface area contributed by atoms with Crippen molar-refractivity contribution in [1.29, 1.82) is 0 Å². The highest BCUT2D eigenvalue weighted by atomic mass is 16.2. The molecule has 0 bridgehead atoms. The monoisotopic (exact) mass is 368 g/mol. The van der Waals surface area contributed by atoms with E-state index < -0.39 is 0 Å². The van der Waals surface area contributed by atoms with Crippen LogP contribution in [-0.2, 0) is 19.4 Å². The molecule has 0 saturated carbocycles. The molecule has 0 atom stereocenters. The van der Waals surface area contributed by atoms with Gasteiger partial charge in [-0.25, -0.2) is 4.98 Å². The van der Waals surface area contributed by atoms with E-state index in [0.29, 0.717) is 24.0 Å². The van der Waals surface area contributed by atoms with Crippen molar-refractivity contribution in [2.24, 2.45) is 5.92 Å². The number of carbonyl (C=O) groups excluding carboxylic acids is 2. The van der Waals surface area contributed by atoms with Gasteiger partial charge in [-0.1, -0.05) is 39.0 Å². The number of fused-ring (bicyclic) bond motifs is 1. The molecule has 1 aromatic carbocycles. The molecule has 1 aromatic heterocycles. The van der Waals surface area contributed by atoms with Crippen molar-refractivity contribution in [2.45, 2.75) is 53.0 Å². The Kier molecular flexibility index (Phi) is 5.94. The zero-order valence-electron chi connectivity index (χ0n) is 16.3. The maximum atomic E-state index is 12.9. The van der Waals surface area contributed by atoms with Crippen LogP contribution in [0.5, 0.6) is 0 Å². The largest absolute Gasteiger partial charge is 0.350 e. The van der Waals surface area contributed by atoms with Crippen molar-refractivity contribution in [3.8, 4) is 0 Å². The minimum Gasteiger partial charge on any atom is -0.350 e. The van der Waals surface area contributed by atoms with Crippen LogP contribution in [0, 0.1) is 5.92 Å². The predicted octanol–water partition coefficient (Wildman–Crippen LogP) is 3.42. The molecule has 0 saturated heterocycles. The average molecular weight is 368 g/mol. The summed E-state index contributed by atoms with van der Waals surface area (Å²) in [6, 6.07) is 7.76. The van der Waals surface area contributed by atoms with Gasteiger partial charge in [0.2, 0.25) is 0 Å². The fourth-order valence-corrected chi connectivity index (χ4v) is 3.41. The van der Waals surface area contributed by atoms with E-state index >= 15 is 0 Å². The standard InChI is InChI=1S/C21H28N4O2/c1-4-15-9-5-6-10-16(15)23-21(27)19-24-18(20(26)22-13-14(2)3)17-11-7-8-12-25(17)19/h5-6,9-10,14H,4,7-8,11-13H2,1-3H3,(H,22,26)(H,23,27). The van der Waals surface area contributed by atoms with E-state index in [1.807, 2.05) is 42.7 Å². The predicted molar refractivity (Wildman–Crippen MR) is 106 cm³/mol. The van der Waals surface area contributed by atoms with Crippen LogP contribution < -0.4 is 10.6 Å². The van der Waals surface area contributed by atoms with Crippen molar-refractivity contribution >= 4 is 17.5 Å². The zero-order chi connectivity index (χ0) is 19.4. The van der Waals surface area contributed by atoms with Crippen LogP contribution in [0.25, 0.3) is 0 Å². The van der Waals surface area contributed by atoms with E-state index in [-0.39, 0.29) is 11.8 Å². The van der Waals surface area contributed by atoms with Gasteiger partial charge in [0, 0.05) is 18.8 Å². The summed E-state index contributed by atoms with van der Waals surface area (Å²) in [6.45, 7) is 7.47. The van der Waals surface area contributed by atoms with Crippen LogP contribution in [0.3, 0.4) is 0 Å². The van der Waals surface area contributed by atoms with Crippen molar-refractivity contribution in [2.75, 3.05) is 11.9 Å². The summed E-state index contributed by atoms with van der Waals surface area (Å²) >= 11 is 0. The molecule has 0 radical (unpaired) electrons. The number of anilines is 1. The Morgan fingerprint density at radius 1 is 1.19 bits per heavy atom. The number of rotatable bonds is 6. The third kappa shape index (κ3) is 4.21. The van der Waals surface area contributed by atoms with E-state index in [9.17, 15) is 9.59 Å². The molecule has 27 heavy (non-hydrogen) atoms. The van der Waals surface area contributed by atoms with Crippen molar-refractivity contribution in [3.05, 3.63) is 47.0 Å². The number of imidazole rings is 1. The second kappa shape index (κ2) is 8.37. The summed E-state index contributed by atoms with van der Waals surface area (Å²) < 4.78 is 1.91. The van der Waals surface area contributed by atoms with E-state index in [2.05, 4.69) is 22.5 Å². The van der Waals surface area contributed by atoms with Crippen LogP contribution in [-0.4, -0.2) is 27.9 Å². The smallest absolute Gasteiger partial charge is 0.291 e. The molecule has 2 N–H and O–H groups in total. The number of aromatic nitrogens is 2. The lowest BCUT2D eigenvalue weighted by molar-refractivity contribution is 0.0943. The normalized spacial score (nSPS) is 13.3. The van der Waals surface area contributed by atoms with Crippen LogP contribution in [0.1, 0.15) is 66.0 Å². The van der Waals surface area contributed by atoms with Gasteiger partial charge in [0.25, 0.3) is 11.8 Å². The first-order valence-corrected chi connectivity index (χ1v) is 9.78. The van der Waals surface area contributed by atoms with E-state index in [4.69, 9.17) is 0 Å². The summed E-state index contributed by atoms with van der Waals surface area (Å²) in [5, 5.41) is 5.90. The number of aryl methyl sites for hydroxylation is 1. The molecule has 2 aromatic rings. The number of para-hydroxylation sites is 1. The molecule has 6 heteroatoms. The number of carbonyl (C=O) groups is 2. The maximum absolute atomic E-state index is 12.9. The first-order valence-electron chi connectivity index (χ1n) is 9.78. The number of benzene rings is 1. The SMILES string of the molecule is CCc1ccccc1NC(=O)c1nc(C(=O)NCC(C)C)c2n1CCCC2. The highest BCUT2D eigenvalue weighted by molar-refractivity contribution is 6.04. The Bertz CT molecular complexity index is 839. The third-order valence-corrected chi connectivity index (χ3v) is 4.85. The zero-order valence-corrected chi connectivity index (χ0v) is 16.3. The molecule has 0 unspecified atom stereocenters. The highest BCUT2D eigenvalue weighted by Crippen LogP contribution is 2.23. The average Bonchev–Trinajstić information content (AvgIpc) is 3.06. The molecular weight excluding hydrogens is 340 g/mol. The van der Waals surface area contributed by atoms with Gasteiger partial charge in [-0.15, -0.1) is 0 Å². The number of nitrogens with one attached hydrogen (secondary N) is 2. The van der Waals surface area contributed by atoms with Gasteiger partial charge in [0.15, 0.2) is 5.82 Å². The molecule has 2 amide bonds. The minimum absolute atomic E-state index is 0.192. The first kappa shape index (κ1) is 19.1. The van der Waals surface area contributed by atoms with Crippen molar-refractivity contribution < 1.29 is 9.59 Å². The first-order chi connectivity index (χ1) is 13.0. The summed E-state index contributed by atoms with van der Waals surface area (Å²) in [7, 11) is 0. The molecule has 144 valence electrons. The lowest BCUT2D eigenvalue weighted by Crippen LogP contribution is -2.29. The van der Waals surface area contributed by atoms with Gasteiger partial charge in [-0.05, 0) is 43.2 Å². The molecule has 6 nitrogen and oxygen atoms in total. The molecule has 1 aliphatic rings. The molecule has 2 heterocycles. The molecule has 3 rings (SSSR count). The fourth-order valence-electron chi connectivity index (χ4n) is 3.41. The third-order valence-electron chi connectivity index (χ3n) is 4.85. The fraction of sp³-hybridized carbons (Fsp3) is 0.476. The van der Waals surface area contributed by atoms with E-state index in [0.717, 1.165) is 49.2 Å². The Balaban J connectivity index is 1.88. The number of hydrogen-bond acceptors (Lipinski definition) is 3. The lowest BCUT2D eigenvalue weighted by Gasteiger charge is -2.17. The Morgan fingerprint density at radius 3 is 2.70 bits per heavy atom. The van der Waals surface area contributed by atoms with Crippen molar-refractivity contribution in [1.82, 2.24) is 14.9 Å². The second-order valence-corrected chi connectivity index (χ2v) is 7.41. The molecule has 1 aliphatic heterocycles. The van der Waals surface area contributed by atoms with Gasteiger partial charge in [0.1, 0.15) is 5.69 Å². The highest BCUT2D eigenvalue weighted by Gasteiger charge is 2.27. The lowest BCUT2D eigenvalue weighted by atomic mass is 10.1. The quantitative estimate of drug-likeness (QED) is 0.820. The van der Waals surface area contributed by atoms with Gasteiger partial charge in [0.05, 0.1) is 5.69 Å². The van der Waals surface area contributed by atoms with E-state index in [1.165, 1.54) is 0 Å². The molecular formula is C21H28N4O2. The Morgan fingerprint density at radius 2 is 1.96 bits per heavy atom. The molecule has 0 aliphatic carbocycles. The second-order valence-electron chi connectivity index (χ2n) is 7.41. The van der Waals surface area contributed by atoms with Crippen molar-refractivity contribution in [3.63, 3.8) is 0 Å². The summed E-state index contributed by atoms with van der Waals surface area (Å²) in [5.41, 5.74) is 3.14. The Labute approximate surface area is 160 Å². The number of nitrogens with zero attached hydrogens (tertiary/aromatic N) is 2. The van der Waals surface area contributed by atoms with Gasteiger partial charge in [-0.3, -0.25) is 9.59 Å². The van der Waals surface area contributed by atoms with Crippen LogP contribution in [0.2, 0.25) is 0 Å². The molecule has 0 fully saturated rings. The van der Waals surface area contributed by atoms with Gasteiger partial charge in [-0.2, -0.15) is 0 Å². The van der Waals surface area contributed by atoms with Crippen LogP contribution >= 0.6 is 0 Å².